The molecule has 5 rings (SSSR count). The van der Waals surface area contributed by atoms with E-state index in [4.69, 9.17) is 16.6 Å². The summed E-state index contributed by atoms with van der Waals surface area (Å²) < 4.78 is 1.42. The van der Waals surface area contributed by atoms with Crippen LogP contribution >= 0.6 is 11.6 Å². The molecule has 4 aromatic rings. The fourth-order valence-electron chi connectivity index (χ4n) is 5.27. The topological polar surface area (TPSA) is 102 Å². The lowest BCUT2D eigenvalue weighted by atomic mass is 9.97. The molecule has 0 saturated carbocycles. The van der Waals surface area contributed by atoms with Crippen LogP contribution in [0.2, 0.25) is 5.02 Å². The number of piperazine rings is 1. The summed E-state index contributed by atoms with van der Waals surface area (Å²) in [6.45, 7) is 5.90. The summed E-state index contributed by atoms with van der Waals surface area (Å²) in [5, 5.41) is 20.1. The summed E-state index contributed by atoms with van der Waals surface area (Å²) >= 11 is 6.38. The van der Waals surface area contributed by atoms with Gasteiger partial charge in [0, 0.05) is 43.9 Å². The predicted molar refractivity (Wildman–Crippen MR) is 147 cm³/mol. The molecular weight excluding hydrogens is 498 g/mol. The van der Waals surface area contributed by atoms with Gasteiger partial charge in [0.05, 0.1) is 22.9 Å². The van der Waals surface area contributed by atoms with Gasteiger partial charge in [-0.3, -0.25) is 14.7 Å². The highest BCUT2D eigenvalue weighted by atomic mass is 35.5. The molecule has 1 aliphatic heterocycles. The van der Waals surface area contributed by atoms with E-state index in [9.17, 15) is 15.3 Å². The number of benzene rings is 1. The van der Waals surface area contributed by atoms with Crippen LogP contribution in [0.5, 0.6) is 0 Å². The first-order valence-electron chi connectivity index (χ1n) is 12.3. The van der Waals surface area contributed by atoms with E-state index in [0.717, 1.165) is 16.8 Å². The number of nitrogens with zero attached hydrogens (tertiary/aromatic N) is 7. The lowest BCUT2D eigenvalue weighted by molar-refractivity contribution is 0.147. The van der Waals surface area contributed by atoms with Crippen LogP contribution in [0.3, 0.4) is 0 Å². The Morgan fingerprint density at radius 1 is 1.11 bits per heavy atom. The number of nitriles is 2. The van der Waals surface area contributed by atoms with E-state index in [1.54, 1.807) is 19.2 Å². The molecule has 1 unspecified atom stereocenters. The van der Waals surface area contributed by atoms with Gasteiger partial charge < -0.3 is 9.47 Å². The number of hydrogen-bond acceptors (Lipinski definition) is 7. The van der Waals surface area contributed by atoms with Gasteiger partial charge in [0.25, 0.3) is 5.56 Å². The normalized spacial score (nSPS) is 16.7. The third kappa shape index (κ3) is 4.50. The predicted octanol–water partition coefficient (Wildman–Crippen LogP) is 4.33. The number of halogens is 1. The molecular formula is C29H26ClN7O. The first-order valence-corrected chi connectivity index (χ1v) is 12.7. The zero-order chi connectivity index (χ0) is 27.0. The first-order chi connectivity index (χ1) is 18.3. The monoisotopic (exact) mass is 523 g/mol. The van der Waals surface area contributed by atoms with Crippen molar-refractivity contribution in [3.8, 4) is 12.1 Å². The number of hydrogen-bond donors (Lipinski definition) is 0. The Hall–Kier alpha value is -4.24. The van der Waals surface area contributed by atoms with Gasteiger partial charge in [-0.2, -0.15) is 10.5 Å². The van der Waals surface area contributed by atoms with Crippen LogP contribution in [-0.4, -0.2) is 45.1 Å². The lowest BCUT2D eigenvalue weighted by Gasteiger charge is -2.45. The smallest absolute Gasteiger partial charge is 0.270 e. The van der Waals surface area contributed by atoms with Gasteiger partial charge in [0.2, 0.25) is 0 Å². The largest absolute Gasteiger partial charge is 0.366 e. The van der Waals surface area contributed by atoms with Crippen LogP contribution in [0.15, 0.2) is 59.5 Å². The number of anilines is 1. The third-order valence-electron chi connectivity index (χ3n) is 7.15. The SMILES string of the molecule is Cc1ccc(C(c2cccc(Cl)c2)N2CCN(c3c(C#N)c(=O)n(C)c4ccc(C#N)nc34)C[C@H]2C)nc1. The Kier molecular flexibility index (Phi) is 6.86. The lowest BCUT2D eigenvalue weighted by Crippen LogP contribution is -2.53. The van der Waals surface area contributed by atoms with Crippen molar-refractivity contribution < 1.29 is 0 Å². The van der Waals surface area contributed by atoms with Crippen LogP contribution in [0.25, 0.3) is 11.0 Å². The van der Waals surface area contributed by atoms with Crippen molar-refractivity contribution in [2.24, 2.45) is 7.05 Å². The second-order valence-electron chi connectivity index (χ2n) is 9.63. The Balaban J connectivity index is 1.57. The molecule has 0 aliphatic carbocycles. The third-order valence-corrected chi connectivity index (χ3v) is 7.38. The van der Waals surface area contributed by atoms with E-state index in [-0.39, 0.29) is 28.9 Å². The molecule has 4 heterocycles. The fourth-order valence-corrected chi connectivity index (χ4v) is 5.47. The summed E-state index contributed by atoms with van der Waals surface area (Å²) in [6, 6.07) is 19.3. The second-order valence-corrected chi connectivity index (χ2v) is 10.1. The molecule has 0 spiro atoms. The summed E-state index contributed by atoms with van der Waals surface area (Å²) in [5.74, 6) is 0. The quantitative estimate of drug-likeness (QED) is 0.392. The number of rotatable bonds is 4. The van der Waals surface area contributed by atoms with Crippen molar-refractivity contribution in [3.05, 3.63) is 98.2 Å². The Morgan fingerprint density at radius 3 is 2.58 bits per heavy atom. The van der Waals surface area contributed by atoms with E-state index in [0.29, 0.717) is 41.4 Å². The van der Waals surface area contributed by atoms with Crippen molar-refractivity contribution in [1.29, 1.82) is 10.5 Å². The van der Waals surface area contributed by atoms with Gasteiger partial charge in [0.15, 0.2) is 0 Å². The second kappa shape index (κ2) is 10.3. The van der Waals surface area contributed by atoms with Gasteiger partial charge in [-0.15, -0.1) is 0 Å². The van der Waals surface area contributed by atoms with Crippen molar-refractivity contribution in [2.45, 2.75) is 25.9 Å². The molecule has 3 aromatic heterocycles. The average molecular weight is 524 g/mol. The van der Waals surface area contributed by atoms with Crippen LogP contribution in [0.4, 0.5) is 5.69 Å². The van der Waals surface area contributed by atoms with Gasteiger partial charge >= 0.3 is 0 Å². The standard InChI is InChI=1S/C29H26ClN7O/c1-18-7-9-24(33-16-18)27(20-5-4-6-21(30)13-20)37-12-11-36(17-19(37)2)28-23(15-32)29(38)35(3)25-10-8-22(14-31)34-26(25)28/h4-10,13,16,19,27H,11-12,17H2,1-3H3/t19-,27?/m1/s1. The van der Waals surface area contributed by atoms with E-state index in [1.807, 2.05) is 31.3 Å². The summed E-state index contributed by atoms with van der Waals surface area (Å²) in [5.41, 5.74) is 4.51. The summed E-state index contributed by atoms with van der Waals surface area (Å²) in [4.78, 5) is 26.8. The van der Waals surface area contributed by atoms with Crippen LogP contribution in [0, 0.1) is 29.6 Å². The highest BCUT2D eigenvalue weighted by molar-refractivity contribution is 6.30. The van der Waals surface area contributed by atoms with Crippen LogP contribution in [-0.2, 0) is 7.05 Å². The van der Waals surface area contributed by atoms with E-state index >= 15 is 0 Å². The number of aromatic nitrogens is 3. The maximum Gasteiger partial charge on any atom is 0.270 e. The van der Waals surface area contributed by atoms with Crippen molar-refractivity contribution in [3.63, 3.8) is 0 Å². The molecule has 1 saturated heterocycles. The molecule has 0 N–H and O–H groups in total. The minimum absolute atomic E-state index is 0.0284. The van der Waals surface area contributed by atoms with Crippen molar-refractivity contribution >= 4 is 28.3 Å². The van der Waals surface area contributed by atoms with Crippen LogP contribution in [0.1, 0.15) is 41.0 Å². The molecule has 0 radical (unpaired) electrons. The van der Waals surface area contributed by atoms with Crippen LogP contribution < -0.4 is 10.5 Å². The summed E-state index contributed by atoms with van der Waals surface area (Å²) in [6.07, 6.45) is 1.87. The van der Waals surface area contributed by atoms with E-state index in [2.05, 4.69) is 52.0 Å². The Morgan fingerprint density at radius 2 is 1.92 bits per heavy atom. The van der Waals surface area contributed by atoms with Gasteiger partial charge in [0.1, 0.15) is 28.9 Å². The zero-order valence-corrected chi connectivity index (χ0v) is 22.1. The maximum absolute atomic E-state index is 13.1. The molecule has 1 aliphatic rings. The summed E-state index contributed by atoms with van der Waals surface area (Å²) in [7, 11) is 1.62. The van der Waals surface area contributed by atoms with Crippen molar-refractivity contribution in [1.82, 2.24) is 19.4 Å². The Labute approximate surface area is 226 Å². The Bertz CT molecular complexity index is 1670. The van der Waals surface area contributed by atoms with Crippen molar-refractivity contribution in [2.75, 3.05) is 24.5 Å². The fraction of sp³-hybridized carbons (Fsp3) is 0.276. The van der Waals surface area contributed by atoms with Gasteiger partial charge in [-0.1, -0.05) is 29.8 Å². The maximum atomic E-state index is 13.1. The molecule has 0 bridgehead atoms. The van der Waals surface area contributed by atoms with Gasteiger partial charge in [-0.05, 0) is 55.3 Å². The average Bonchev–Trinajstić information content (AvgIpc) is 2.92. The van der Waals surface area contributed by atoms with E-state index < -0.39 is 0 Å². The highest BCUT2D eigenvalue weighted by Gasteiger charge is 2.34. The van der Waals surface area contributed by atoms with E-state index in [1.165, 1.54) is 4.57 Å². The minimum atomic E-state index is -0.378. The zero-order valence-electron chi connectivity index (χ0n) is 21.4. The molecule has 8 nitrogen and oxygen atoms in total. The highest BCUT2D eigenvalue weighted by Crippen LogP contribution is 2.35. The molecule has 1 fully saturated rings. The molecule has 1 aromatic carbocycles. The first kappa shape index (κ1) is 25.4. The molecule has 2 atom stereocenters. The molecule has 190 valence electrons. The number of fused-ring (bicyclic) bond motifs is 1. The van der Waals surface area contributed by atoms with Gasteiger partial charge in [-0.25, -0.2) is 4.98 Å². The molecule has 0 amide bonds. The number of aryl methyl sites for hydroxylation is 2. The molecule has 9 heteroatoms. The molecule has 38 heavy (non-hydrogen) atoms. The number of pyridine rings is 3. The minimum Gasteiger partial charge on any atom is -0.366 e.